The van der Waals surface area contributed by atoms with E-state index in [9.17, 15) is 9.59 Å². The van der Waals surface area contributed by atoms with E-state index in [-0.39, 0.29) is 30.6 Å². The second kappa shape index (κ2) is 6.16. The molecule has 1 aromatic rings. The van der Waals surface area contributed by atoms with Gasteiger partial charge in [-0.05, 0) is 31.4 Å². The molecule has 2 fully saturated rings. The third kappa shape index (κ3) is 2.90. The number of hydrogen-bond acceptors (Lipinski definition) is 2. The third-order valence-corrected chi connectivity index (χ3v) is 4.99. The van der Waals surface area contributed by atoms with Crippen LogP contribution in [-0.4, -0.2) is 35.5 Å². The van der Waals surface area contributed by atoms with Gasteiger partial charge in [-0.1, -0.05) is 36.6 Å². The summed E-state index contributed by atoms with van der Waals surface area (Å²) in [5.74, 6) is -0.0892. The number of nitrogens with zero attached hydrogens (tertiary/aromatic N) is 1. The van der Waals surface area contributed by atoms with Gasteiger partial charge in [0.05, 0.1) is 16.8 Å². The zero-order chi connectivity index (χ0) is 15.7. The Morgan fingerprint density at radius 3 is 2.95 bits per heavy atom. The number of carbonyl (C=O) groups is 2. The van der Waals surface area contributed by atoms with Gasteiger partial charge in [-0.2, -0.15) is 0 Å². The Hall–Kier alpha value is -1.75. The number of aryl methyl sites for hydroxylation is 1. The highest BCUT2D eigenvalue weighted by molar-refractivity contribution is 6.34. The first kappa shape index (κ1) is 15.2. The summed E-state index contributed by atoms with van der Waals surface area (Å²) in [6.45, 7) is 2.00. The fraction of sp³-hybridized carbons (Fsp3) is 0.500. The lowest BCUT2D eigenvalue weighted by molar-refractivity contribution is -0.126. The molecule has 6 heteroatoms. The van der Waals surface area contributed by atoms with Gasteiger partial charge in [-0.15, -0.1) is 0 Å². The molecule has 5 nitrogen and oxygen atoms in total. The molecule has 3 rings (SSSR count). The number of anilines is 1. The highest BCUT2D eigenvalue weighted by Crippen LogP contribution is 2.28. The molecule has 1 heterocycles. The van der Waals surface area contributed by atoms with E-state index in [4.69, 9.17) is 11.6 Å². The number of nitrogens with one attached hydrogen (secondary N) is 2. The molecule has 2 aliphatic rings. The summed E-state index contributed by atoms with van der Waals surface area (Å²) in [6.07, 6.45) is 4.05. The summed E-state index contributed by atoms with van der Waals surface area (Å²) in [5, 5.41) is 6.39. The maximum atomic E-state index is 12.6. The maximum Gasteiger partial charge on any atom is 0.322 e. The maximum absolute atomic E-state index is 12.6. The number of piperazine rings is 1. The Labute approximate surface area is 135 Å². The Kier molecular flexibility index (Phi) is 4.25. The van der Waals surface area contributed by atoms with Gasteiger partial charge in [0.15, 0.2) is 0 Å². The van der Waals surface area contributed by atoms with E-state index in [0.29, 0.717) is 10.7 Å². The third-order valence-electron chi connectivity index (χ3n) is 4.48. The fourth-order valence-corrected chi connectivity index (χ4v) is 3.50. The number of rotatable bonds is 1. The van der Waals surface area contributed by atoms with Crippen molar-refractivity contribution >= 4 is 29.2 Å². The van der Waals surface area contributed by atoms with Crippen LogP contribution in [0.3, 0.4) is 0 Å². The first-order valence-electron chi connectivity index (χ1n) is 7.68. The minimum Gasteiger partial charge on any atom is -0.350 e. The molecule has 0 radical (unpaired) electrons. The van der Waals surface area contributed by atoms with Crippen LogP contribution in [0.15, 0.2) is 18.2 Å². The first-order valence-corrected chi connectivity index (χ1v) is 8.06. The molecule has 1 saturated heterocycles. The molecular weight excluding hydrogens is 302 g/mol. The summed E-state index contributed by atoms with van der Waals surface area (Å²) in [5.41, 5.74) is 1.50. The number of carbonyl (C=O) groups excluding carboxylic acids is 2. The molecule has 22 heavy (non-hydrogen) atoms. The van der Waals surface area contributed by atoms with Crippen molar-refractivity contribution in [1.29, 1.82) is 0 Å². The molecule has 3 amide bonds. The topological polar surface area (TPSA) is 61.4 Å². The number of benzene rings is 1. The Balaban J connectivity index is 1.78. The summed E-state index contributed by atoms with van der Waals surface area (Å²) < 4.78 is 0. The number of fused-ring (bicyclic) bond motifs is 1. The smallest absolute Gasteiger partial charge is 0.322 e. The van der Waals surface area contributed by atoms with Crippen LogP contribution in [0.1, 0.15) is 31.2 Å². The van der Waals surface area contributed by atoms with Gasteiger partial charge >= 0.3 is 6.03 Å². The zero-order valence-electron chi connectivity index (χ0n) is 12.6. The van der Waals surface area contributed by atoms with Crippen LogP contribution in [0.5, 0.6) is 0 Å². The van der Waals surface area contributed by atoms with Gasteiger partial charge in [0, 0.05) is 6.04 Å². The summed E-state index contributed by atoms with van der Waals surface area (Å²) >= 11 is 6.23. The van der Waals surface area contributed by atoms with Crippen molar-refractivity contribution < 1.29 is 9.59 Å². The van der Waals surface area contributed by atoms with Crippen LogP contribution in [0.25, 0.3) is 0 Å². The molecule has 1 aromatic carbocycles. The molecule has 0 aromatic heterocycles. The van der Waals surface area contributed by atoms with Crippen molar-refractivity contribution in [1.82, 2.24) is 10.2 Å². The highest BCUT2D eigenvalue weighted by Gasteiger charge is 2.38. The van der Waals surface area contributed by atoms with E-state index < -0.39 is 0 Å². The standard InChI is InChI=1S/C16H20ClN3O2/c1-10-5-4-7-12(15(10)17)19-16(22)20-9-14(21)18-11-6-2-3-8-13(11)20/h4-5,7,11,13H,2-3,6,8-9H2,1H3,(H,18,21)(H,19,22)/t11-,13+/m1/s1. The van der Waals surface area contributed by atoms with Gasteiger partial charge in [-0.25, -0.2) is 4.79 Å². The summed E-state index contributed by atoms with van der Waals surface area (Å²) in [6, 6.07) is 5.42. The Morgan fingerprint density at radius 2 is 2.14 bits per heavy atom. The second-order valence-electron chi connectivity index (χ2n) is 6.02. The van der Waals surface area contributed by atoms with Crippen molar-refractivity contribution in [2.75, 3.05) is 11.9 Å². The van der Waals surface area contributed by atoms with Crippen LogP contribution in [0, 0.1) is 6.92 Å². The van der Waals surface area contributed by atoms with Crippen molar-refractivity contribution in [2.45, 2.75) is 44.7 Å². The van der Waals surface area contributed by atoms with Gasteiger partial charge in [-0.3, -0.25) is 4.79 Å². The number of halogens is 1. The van der Waals surface area contributed by atoms with Crippen molar-refractivity contribution in [2.24, 2.45) is 0 Å². The molecule has 0 bridgehead atoms. The molecule has 0 spiro atoms. The van der Waals surface area contributed by atoms with Gasteiger partial charge in [0.2, 0.25) is 5.91 Å². The molecule has 0 unspecified atom stereocenters. The lowest BCUT2D eigenvalue weighted by Crippen LogP contribution is -2.63. The van der Waals surface area contributed by atoms with E-state index >= 15 is 0 Å². The number of hydrogen-bond donors (Lipinski definition) is 2. The predicted octanol–water partition coefficient (Wildman–Crippen LogP) is 2.92. The van der Waals surface area contributed by atoms with Gasteiger partial charge in [0.1, 0.15) is 6.54 Å². The zero-order valence-corrected chi connectivity index (χ0v) is 13.3. The Bertz CT molecular complexity index is 605. The second-order valence-corrected chi connectivity index (χ2v) is 6.40. The summed E-state index contributed by atoms with van der Waals surface area (Å²) in [4.78, 5) is 26.1. The van der Waals surface area contributed by atoms with E-state index in [1.807, 2.05) is 19.1 Å². The SMILES string of the molecule is Cc1cccc(NC(=O)N2CC(=O)N[C@@H]3CCCC[C@@H]32)c1Cl. The number of amides is 3. The van der Waals surface area contributed by atoms with Crippen molar-refractivity contribution in [3.63, 3.8) is 0 Å². The molecule has 118 valence electrons. The van der Waals surface area contributed by atoms with Crippen LogP contribution in [0.2, 0.25) is 5.02 Å². The lowest BCUT2D eigenvalue weighted by atomic mass is 9.87. The Morgan fingerprint density at radius 1 is 1.36 bits per heavy atom. The highest BCUT2D eigenvalue weighted by atomic mass is 35.5. The van der Waals surface area contributed by atoms with Crippen LogP contribution >= 0.6 is 11.6 Å². The van der Waals surface area contributed by atoms with E-state index in [1.54, 1.807) is 11.0 Å². The number of urea groups is 1. The summed E-state index contributed by atoms with van der Waals surface area (Å²) in [7, 11) is 0. The van der Waals surface area contributed by atoms with Crippen molar-refractivity contribution in [3.05, 3.63) is 28.8 Å². The molecule has 1 aliphatic carbocycles. The monoisotopic (exact) mass is 321 g/mol. The van der Waals surface area contributed by atoms with Crippen LogP contribution in [-0.2, 0) is 4.79 Å². The van der Waals surface area contributed by atoms with Gasteiger partial charge in [0.25, 0.3) is 0 Å². The van der Waals surface area contributed by atoms with E-state index in [1.165, 1.54) is 0 Å². The molecule has 2 N–H and O–H groups in total. The minimum absolute atomic E-state index is 0.0775. The van der Waals surface area contributed by atoms with Crippen LogP contribution < -0.4 is 10.6 Å². The largest absolute Gasteiger partial charge is 0.350 e. The van der Waals surface area contributed by atoms with Crippen molar-refractivity contribution in [3.8, 4) is 0 Å². The molecule has 1 aliphatic heterocycles. The van der Waals surface area contributed by atoms with Gasteiger partial charge < -0.3 is 15.5 Å². The predicted molar refractivity (Wildman–Crippen MR) is 86.1 cm³/mol. The normalized spacial score (nSPS) is 24.5. The molecular formula is C16H20ClN3O2. The first-order chi connectivity index (χ1) is 10.6. The van der Waals surface area contributed by atoms with Crippen LogP contribution in [0.4, 0.5) is 10.5 Å². The fourth-order valence-electron chi connectivity index (χ4n) is 3.33. The lowest BCUT2D eigenvalue weighted by Gasteiger charge is -2.43. The average molecular weight is 322 g/mol. The molecule has 2 atom stereocenters. The molecule has 1 saturated carbocycles. The quantitative estimate of drug-likeness (QED) is 0.835. The van der Waals surface area contributed by atoms with E-state index in [0.717, 1.165) is 31.2 Å². The average Bonchev–Trinajstić information content (AvgIpc) is 2.51. The minimum atomic E-state index is -0.251. The van der Waals surface area contributed by atoms with E-state index in [2.05, 4.69) is 10.6 Å².